The average molecular weight is 392 g/mol. The predicted molar refractivity (Wildman–Crippen MR) is 105 cm³/mol. The van der Waals surface area contributed by atoms with Crippen LogP contribution in [0.2, 0.25) is 0 Å². The molecule has 0 bridgehead atoms. The topological polar surface area (TPSA) is 84.7 Å². The Labute approximate surface area is 167 Å². The highest BCUT2D eigenvalue weighted by atomic mass is 16.5. The smallest absolute Gasteiger partial charge is 0.317 e. The Kier molecular flexibility index (Phi) is 7.34. The van der Waals surface area contributed by atoms with Crippen LogP contribution in [0.5, 0.6) is 0 Å². The molecule has 0 aromatic carbocycles. The molecule has 2 heterocycles. The summed E-state index contributed by atoms with van der Waals surface area (Å²) in [4.78, 5) is 26.5. The molecule has 2 amide bonds. The Morgan fingerprint density at radius 1 is 1.25 bits per heavy atom. The van der Waals surface area contributed by atoms with Crippen molar-refractivity contribution in [3.63, 3.8) is 0 Å². The zero-order valence-corrected chi connectivity index (χ0v) is 17.1. The Balaban J connectivity index is 1.46. The van der Waals surface area contributed by atoms with Gasteiger partial charge in [-0.2, -0.15) is 0 Å². The number of hydrogen-bond donors (Lipinski definition) is 1. The van der Waals surface area contributed by atoms with E-state index < -0.39 is 0 Å². The van der Waals surface area contributed by atoms with E-state index in [-0.39, 0.29) is 24.0 Å². The van der Waals surface area contributed by atoms with Crippen molar-refractivity contribution in [2.75, 3.05) is 19.7 Å². The number of hydrogen-bond acceptors (Lipinski definition) is 5. The van der Waals surface area contributed by atoms with Gasteiger partial charge < -0.3 is 19.5 Å². The first-order valence-corrected chi connectivity index (χ1v) is 10.8. The number of likely N-dealkylation sites (tertiary alicyclic amines) is 1. The highest BCUT2D eigenvalue weighted by Gasteiger charge is 2.33. The standard InChI is InChI=1S/C21H33N3O4/c1-3-6-17-13-18(23-28-17)19-7-5-12-24(19)21(26)22-14-15-8-10-16(11-9-15)20(25)27-4-2/h13,15-16,19H,3-12,14H2,1-2H3,(H,22,26)/t15?,16?,19-/m0/s1. The summed E-state index contributed by atoms with van der Waals surface area (Å²) < 4.78 is 10.5. The fourth-order valence-corrected chi connectivity index (χ4v) is 4.36. The lowest BCUT2D eigenvalue weighted by Gasteiger charge is -2.29. The summed E-state index contributed by atoms with van der Waals surface area (Å²) >= 11 is 0. The molecule has 28 heavy (non-hydrogen) atoms. The minimum absolute atomic E-state index is 0.00825. The van der Waals surface area contributed by atoms with Gasteiger partial charge in [0.05, 0.1) is 18.6 Å². The van der Waals surface area contributed by atoms with Gasteiger partial charge in [-0.25, -0.2) is 4.79 Å². The molecule has 7 nitrogen and oxygen atoms in total. The van der Waals surface area contributed by atoms with Crippen LogP contribution in [0.3, 0.4) is 0 Å². The summed E-state index contributed by atoms with van der Waals surface area (Å²) in [5.41, 5.74) is 0.867. The molecular formula is C21H33N3O4. The zero-order valence-electron chi connectivity index (χ0n) is 17.1. The molecule has 3 rings (SSSR count). The molecule has 0 radical (unpaired) electrons. The first-order chi connectivity index (χ1) is 13.6. The number of rotatable bonds is 7. The Bertz CT molecular complexity index is 652. The van der Waals surface area contributed by atoms with Crippen molar-refractivity contribution in [1.29, 1.82) is 0 Å². The molecule has 1 aromatic heterocycles. The summed E-state index contributed by atoms with van der Waals surface area (Å²) in [5, 5.41) is 7.31. The van der Waals surface area contributed by atoms with Crippen molar-refractivity contribution in [3.8, 4) is 0 Å². The number of urea groups is 1. The molecule has 1 N–H and O–H groups in total. The maximum absolute atomic E-state index is 12.7. The number of carbonyl (C=O) groups excluding carboxylic acids is 2. The average Bonchev–Trinajstić information content (AvgIpc) is 3.36. The molecule has 1 saturated carbocycles. The van der Waals surface area contributed by atoms with Gasteiger partial charge in [-0.1, -0.05) is 12.1 Å². The van der Waals surface area contributed by atoms with Gasteiger partial charge in [-0.05, 0) is 57.8 Å². The van der Waals surface area contributed by atoms with E-state index in [1.54, 1.807) is 0 Å². The minimum atomic E-state index is -0.0695. The zero-order chi connectivity index (χ0) is 19.9. The van der Waals surface area contributed by atoms with E-state index in [1.807, 2.05) is 17.9 Å². The van der Waals surface area contributed by atoms with Crippen molar-refractivity contribution in [1.82, 2.24) is 15.4 Å². The Morgan fingerprint density at radius 3 is 2.75 bits per heavy atom. The van der Waals surface area contributed by atoms with Gasteiger partial charge in [0.25, 0.3) is 0 Å². The maximum atomic E-state index is 12.7. The summed E-state index contributed by atoms with van der Waals surface area (Å²) in [6.07, 6.45) is 7.42. The SMILES string of the molecule is CCCc1cc([C@@H]2CCCN2C(=O)NCC2CCC(C(=O)OCC)CC2)no1. The molecule has 2 fully saturated rings. The van der Waals surface area contributed by atoms with Crippen LogP contribution >= 0.6 is 0 Å². The molecule has 7 heteroatoms. The lowest BCUT2D eigenvalue weighted by Crippen LogP contribution is -2.42. The lowest BCUT2D eigenvalue weighted by atomic mass is 9.82. The van der Waals surface area contributed by atoms with Crippen LogP contribution in [-0.2, 0) is 16.0 Å². The van der Waals surface area contributed by atoms with Crippen molar-refractivity contribution >= 4 is 12.0 Å². The summed E-state index contributed by atoms with van der Waals surface area (Å²) in [7, 11) is 0. The number of nitrogens with one attached hydrogen (secondary N) is 1. The van der Waals surface area contributed by atoms with E-state index in [0.29, 0.717) is 19.1 Å². The minimum Gasteiger partial charge on any atom is -0.466 e. The first-order valence-electron chi connectivity index (χ1n) is 10.8. The van der Waals surface area contributed by atoms with Crippen LogP contribution in [0.15, 0.2) is 10.6 Å². The largest absolute Gasteiger partial charge is 0.466 e. The Morgan fingerprint density at radius 2 is 2.04 bits per heavy atom. The normalized spacial score (nSPS) is 24.9. The molecule has 0 spiro atoms. The third-order valence-electron chi connectivity index (χ3n) is 5.94. The van der Waals surface area contributed by atoms with Crippen molar-refractivity contribution in [2.45, 2.75) is 71.3 Å². The van der Waals surface area contributed by atoms with Gasteiger partial charge in [0, 0.05) is 25.6 Å². The van der Waals surface area contributed by atoms with Gasteiger partial charge in [0.15, 0.2) is 0 Å². The molecule has 0 unspecified atom stereocenters. The highest BCUT2D eigenvalue weighted by molar-refractivity contribution is 5.75. The second-order valence-corrected chi connectivity index (χ2v) is 7.98. The molecule has 1 atom stereocenters. The molecule has 156 valence electrons. The fraction of sp³-hybridized carbons (Fsp3) is 0.762. The van der Waals surface area contributed by atoms with Crippen LogP contribution in [0.25, 0.3) is 0 Å². The summed E-state index contributed by atoms with van der Waals surface area (Å²) in [5.74, 6) is 1.28. The van der Waals surface area contributed by atoms with E-state index >= 15 is 0 Å². The number of esters is 1. The molecule has 2 aliphatic rings. The van der Waals surface area contributed by atoms with Gasteiger partial charge in [0.2, 0.25) is 0 Å². The van der Waals surface area contributed by atoms with Gasteiger partial charge in [-0.15, -0.1) is 0 Å². The number of amides is 2. The van der Waals surface area contributed by atoms with Gasteiger partial charge in [-0.3, -0.25) is 4.79 Å². The predicted octanol–water partition coefficient (Wildman–Crippen LogP) is 3.84. The van der Waals surface area contributed by atoms with E-state index in [2.05, 4.69) is 17.4 Å². The number of aromatic nitrogens is 1. The van der Waals surface area contributed by atoms with Crippen LogP contribution in [-0.4, -0.2) is 41.8 Å². The van der Waals surface area contributed by atoms with Crippen molar-refractivity contribution in [3.05, 3.63) is 17.5 Å². The van der Waals surface area contributed by atoms with Crippen molar-refractivity contribution in [2.24, 2.45) is 11.8 Å². The van der Waals surface area contributed by atoms with Crippen LogP contribution in [0, 0.1) is 11.8 Å². The number of aryl methyl sites for hydroxylation is 1. The number of ether oxygens (including phenoxy) is 1. The summed E-state index contributed by atoms with van der Waals surface area (Å²) in [6.45, 7) is 5.81. The molecule has 1 aliphatic carbocycles. The van der Waals surface area contributed by atoms with Crippen LogP contribution in [0.1, 0.15) is 76.3 Å². The lowest BCUT2D eigenvalue weighted by molar-refractivity contribution is -0.149. The second-order valence-electron chi connectivity index (χ2n) is 7.98. The Hall–Kier alpha value is -2.05. The van der Waals surface area contributed by atoms with E-state index in [1.165, 1.54) is 0 Å². The first kappa shape index (κ1) is 20.7. The van der Waals surface area contributed by atoms with E-state index in [0.717, 1.165) is 69.4 Å². The van der Waals surface area contributed by atoms with Gasteiger partial charge >= 0.3 is 12.0 Å². The molecule has 1 aliphatic heterocycles. The van der Waals surface area contributed by atoms with Crippen LogP contribution in [0.4, 0.5) is 4.79 Å². The second kappa shape index (κ2) is 9.94. The van der Waals surface area contributed by atoms with Crippen LogP contribution < -0.4 is 5.32 Å². The molecule has 1 aromatic rings. The third-order valence-corrected chi connectivity index (χ3v) is 5.94. The monoisotopic (exact) mass is 391 g/mol. The highest BCUT2D eigenvalue weighted by Crippen LogP contribution is 2.32. The fourth-order valence-electron chi connectivity index (χ4n) is 4.36. The molecular weight excluding hydrogens is 358 g/mol. The van der Waals surface area contributed by atoms with Gasteiger partial charge in [0.1, 0.15) is 11.5 Å². The van der Waals surface area contributed by atoms with E-state index in [4.69, 9.17) is 9.26 Å². The van der Waals surface area contributed by atoms with Crippen molar-refractivity contribution < 1.29 is 18.8 Å². The molecule has 1 saturated heterocycles. The number of carbonyl (C=O) groups is 2. The maximum Gasteiger partial charge on any atom is 0.317 e. The third kappa shape index (κ3) is 5.06. The summed E-state index contributed by atoms with van der Waals surface area (Å²) in [6, 6.07) is 1.99. The quantitative estimate of drug-likeness (QED) is 0.714. The van der Waals surface area contributed by atoms with E-state index in [9.17, 15) is 9.59 Å². The number of nitrogens with zero attached hydrogens (tertiary/aromatic N) is 2.